The second-order valence-electron chi connectivity index (χ2n) is 4.10. The number of carbonyl (C=O) groups is 3. The summed E-state index contributed by atoms with van der Waals surface area (Å²) in [6.07, 6.45) is -2.37. The molecule has 0 saturated heterocycles. The van der Waals surface area contributed by atoms with Crippen molar-refractivity contribution in [2.45, 2.75) is 38.0 Å². The highest BCUT2D eigenvalue weighted by Gasteiger charge is 2.36. The van der Waals surface area contributed by atoms with E-state index in [2.05, 4.69) is 16.6 Å². The highest BCUT2D eigenvalue weighted by Crippen LogP contribution is 2.10. The highest BCUT2D eigenvalue weighted by atomic mass is 32.2. The van der Waals surface area contributed by atoms with Crippen molar-refractivity contribution in [3.63, 3.8) is 0 Å². The van der Waals surface area contributed by atoms with Crippen LogP contribution in [0.5, 0.6) is 0 Å². The number of hydrogen-bond donors (Lipinski definition) is 3. The summed E-state index contributed by atoms with van der Waals surface area (Å²) >= 11 is 0. The van der Waals surface area contributed by atoms with Crippen molar-refractivity contribution in [1.29, 1.82) is 0 Å². The fraction of sp³-hybridized carbons (Fsp3) is 0.545. The topological polar surface area (TPSA) is 156 Å². The number of aliphatic carboxylic acids is 1. The molecular formula is C11H17NO9S. The lowest BCUT2D eigenvalue weighted by Crippen LogP contribution is -2.40. The number of ether oxygens (including phenoxy) is 2. The molecule has 0 radical (unpaired) electrons. The Morgan fingerprint density at radius 2 is 1.86 bits per heavy atom. The molecule has 0 aromatic rings. The summed E-state index contributed by atoms with van der Waals surface area (Å²) < 4.78 is 40.4. The minimum atomic E-state index is -4.95. The van der Waals surface area contributed by atoms with Gasteiger partial charge in [-0.15, -0.1) is 0 Å². The largest absolute Gasteiger partial charge is 0.481 e. The van der Waals surface area contributed by atoms with Gasteiger partial charge in [0.2, 0.25) is 12.2 Å². The Morgan fingerprint density at radius 3 is 2.27 bits per heavy atom. The summed E-state index contributed by atoms with van der Waals surface area (Å²) in [7, 11) is -4.95. The summed E-state index contributed by atoms with van der Waals surface area (Å²) in [5, 5.41) is 8.55. The Hall–Kier alpha value is -1.98. The molecule has 126 valence electrons. The fourth-order valence-electron chi connectivity index (χ4n) is 1.32. The third kappa shape index (κ3) is 7.71. The van der Waals surface area contributed by atoms with Gasteiger partial charge in [-0.05, 0) is 19.9 Å². The Morgan fingerprint density at radius 1 is 1.32 bits per heavy atom. The summed E-state index contributed by atoms with van der Waals surface area (Å²) in [6.45, 7) is 5.84. The summed E-state index contributed by atoms with van der Waals surface area (Å²) in [4.78, 5) is 33.1. The van der Waals surface area contributed by atoms with Crippen LogP contribution >= 0.6 is 0 Å². The van der Waals surface area contributed by atoms with Gasteiger partial charge >= 0.3 is 11.9 Å². The molecule has 0 bridgehead atoms. The van der Waals surface area contributed by atoms with Gasteiger partial charge in [-0.3, -0.25) is 18.9 Å². The average molecular weight is 339 g/mol. The normalized spacial score (nSPS) is 15.2. The van der Waals surface area contributed by atoms with Crippen LogP contribution in [-0.4, -0.2) is 53.7 Å². The number of carboxylic acid groups (broad SMARTS) is 1. The van der Waals surface area contributed by atoms with Crippen LogP contribution in [0.2, 0.25) is 0 Å². The lowest BCUT2D eigenvalue weighted by molar-refractivity contribution is -0.186. The Balaban J connectivity index is 4.69. The number of carbonyl (C=O) groups excluding carboxylic acids is 2. The van der Waals surface area contributed by atoms with E-state index >= 15 is 0 Å². The molecule has 0 aliphatic rings. The number of esters is 1. The van der Waals surface area contributed by atoms with E-state index in [4.69, 9.17) is 14.4 Å². The third-order valence-electron chi connectivity index (χ3n) is 2.19. The monoisotopic (exact) mass is 339 g/mol. The number of carboxylic acids is 1. The van der Waals surface area contributed by atoms with Crippen molar-refractivity contribution in [2.24, 2.45) is 0 Å². The zero-order valence-corrected chi connectivity index (χ0v) is 12.7. The maximum Gasteiger partial charge on any atom is 0.329 e. The minimum Gasteiger partial charge on any atom is -0.481 e. The molecule has 0 aromatic heterocycles. The van der Waals surface area contributed by atoms with Crippen molar-refractivity contribution in [2.75, 3.05) is 0 Å². The number of amides is 1. The van der Waals surface area contributed by atoms with Gasteiger partial charge in [0.15, 0.2) is 5.25 Å². The maximum atomic E-state index is 11.6. The van der Waals surface area contributed by atoms with Crippen LogP contribution in [-0.2, 0) is 34.0 Å². The van der Waals surface area contributed by atoms with E-state index in [1.54, 1.807) is 0 Å². The first-order chi connectivity index (χ1) is 9.97. The van der Waals surface area contributed by atoms with E-state index in [0.717, 1.165) is 6.08 Å². The molecule has 1 amide bonds. The SMILES string of the molecule is C=CC(=O)NC(C)OC(C)OC(=O)C(CC(=O)O)S(=O)(=O)O. The molecule has 10 nitrogen and oxygen atoms in total. The van der Waals surface area contributed by atoms with Crippen LogP contribution in [0.25, 0.3) is 0 Å². The standard InChI is InChI=1S/C11H17NO9S/c1-4-9(13)12-6(2)20-7(3)21-11(16)8(5-10(14)15)22(17,18)19/h4,6-8H,1,5H2,2-3H3,(H,12,13)(H,14,15)(H,17,18,19). The predicted octanol–water partition coefficient (Wildman–Crippen LogP) is -0.728. The van der Waals surface area contributed by atoms with Gasteiger partial charge in [0.25, 0.3) is 10.1 Å². The van der Waals surface area contributed by atoms with E-state index in [1.165, 1.54) is 13.8 Å². The van der Waals surface area contributed by atoms with E-state index in [9.17, 15) is 22.8 Å². The zero-order chi connectivity index (χ0) is 17.5. The Labute approximate surface area is 126 Å². The molecule has 0 fully saturated rings. The molecule has 0 saturated carbocycles. The number of rotatable bonds is 9. The van der Waals surface area contributed by atoms with Gasteiger partial charge in [-0.1, -0.05) is 6.58 Å². The summed E-state index contributed by atoms with van der Waals surface area (Å²) in [5.74, 6) is -3.65. The Kier molecular flexibility index (Phi) is 7.70. The second kappa shape index (κ2) is 8.46. The van der Waals surface area contributed by atoms with Crippen molar-refractivity contribution in [3.8, 4) is 0 Å². The quantitative estimate of drug-likeness (QED) is 0.213. The molecule has 0 spiro atoms. The first-order valence-corrected chi connectivity index (χ1v) is 7.44. The fourth-order valence-corrected chi connectivity index (χ4v) is 1.97. The van der Waals surface area contributed by atoms with E-state index in [1.807, 2.05) is 0 Å². The molecule has 11 heteroatoms. The average Bonchev–Trinajstić information content (AvgIpc) is 2.33. The molecule has 0 rings (SSSR count). The molecule has 0 aliphatic heterocycles. The van der Waals surface area contributed by atoms with Crippen molar-refractivity contribution in [1.82, 2.24) is 5.32 Å². The molecule has 22 heavy (non-hydrogen) atoms. The van der Waals surface area contributed by atoms with Crippen LogP contribution in [0, 0.1) is 0 Å². The summed E-state index contributed by atoms with van der Waals surface area (Å²) in [6, 6.07) is 0. The first-order valence-electron chi connectivity index (χ1n) is 5.94. The second-order valence-corrected chi connectivity index (χ2v) is 5.70. The lowest BCUT2D eigenvalue weighted by atomic mass is 10.3. The molecule has 0 aromatic carbocycles. The maximum absolute atomic E-state index is 11.6. The van der Waals surface area contributed by atoms with E-state index in [0.29, 0.717) is 0 Å². The molecule has 0 aliphatic carbocycles. The van der Waals surface area contributed by atoms with Crippen LogP contribution in [0.15, 0.2) is 12.7 Å². The molecule has 3 atom stereocenters. The van der Waals surface area contributed by atoms with Gasteiger partial charge in [0.05, 0.1) is 6.42 Å². The first kappa shape index (κ1) is 20.0. The van der Waals surface area contributed by atoms with Crippen molar-refractivity contribution < 1.29 is 41.9 Å². The van der Waals surface area contributed by atoms with Gasteiger partial charge in [0, 0.05) is 0 Å². The van der Waals surface area contributed by atoms with Crippen LogP contribution in [0.3, 0.4) is 0 Å². The lowest BCUT2D eigenvalue weighted by Gasteiger charge is -2.21. The zero-order valence-electron chi connectivity index (χ0n) is 11.9. The smallest absolute Gasteiger partial charge is 0.329 e. The van der Waals surface area contributed by atoms with Gasteiger partial charge in [-0.25, -0.2) is 0 Å². The van der Waals surface area contributed by atoms with Gasteiger partial charge in [-0.2, -0.15) is 8.42 Å². The third-order valence-corrected chi connectivity index (χ3v) is 3.27. The van der Waals surface area contributed by atoms with Gasteiger partial charge < -0.3 is 19.9 Å². The van der Waals surface area contributed by atoms with Crippen molar-refractivity contribution in [3.05, 3.63) is 12.7 Å². The van der Waals surface area contributed by atoms with Crippen LogP contribution in [0.4, 0.5) is 0 Å². The minimum absolute atomic E-state index is 0.548. The molecule has 3 N–H and O–H groups in total. The van der Waals surface area contributed by atoms with Crippen molar-refractivity contribution >= 4 is 28.0 Å². The molecular weight excluding hydrogens is 322 g/mol. The summed E-state index contributed by atoms with van der Waals surface area (Å²) in [5.41, 5.74) is 0. The van der Waals surface area contributed by atoms with E-state index in [-0.39, 0.29) is 0 Å². The predicted molar refractivity (Wildman–Crippen MR) is 72.0 cm³/mol. The number of hydrogen-bond acceptors (Lipinski definition) is 7. The van der Waals surface area contributed by atoms with Crippen LogP contribution in [0.1, 0.15) is 20.3 Å². The number of nitrogens with one attached hydrogen (secondary N) is 1. The Bertz CT molecular complexity index is 542. The highest BCUT2D eigenvalue weighted by molar-refractivity contribution is 7.87. The van der Waals surface area contributed by atoms with E-state index < -0.39 is 52.2 Å². The molecule has 0 heterocycles. The molecule has 3 unspecified atom stereocenters. The van der Waals surface area contributed by atoms with Crippen LogP contribution < -0.4 is 5.32 Å². The van der Waals surface area contributed by atoms with Gasteiger partial charge in [0.1, 0.15) is 6.23 Å².